The van der Waals surface area contributed by atoms with E-state index in [1.165, 1.54) is 0 Å². The number of piperazine rings is 1. The highest BCUT2D eigenvalue weighted by molar-refractivity contribution is 7.99. The Morgan fingerprint density at radius 1 is 0.929 bits per heavy atom. The van der Waals surface area contributed by atoms with E-state index >= 15 is 0 Å². The molecule has 0 N–H and O–H groups in total. The van der Waals surface area contributed by atoms with Crippen LogP contribution in [0.5, 0.6) is 0 Å². The Labute approximate surface area is 167 Å². The number of halogens is 2. The summed E-state index contributed by atoms with van der Waals surface area (Å²) in [5.74, 6) is -1.66. The zero-order valence-electron chi connectivity index (χ0n) is 15.1. The minimum Gasteiger partial charge on any atom is -0.340 e. The average molecular weight is 427 g/mol. The fourth-order valence-electron chi connectivity index (χ4n) is 2.97. The molecule has 1 aliphatic heterocycles. The van der Waals surface area contributed by atoms with E-state index in [-0.39, 0.29) is 32.1 Å². The van der Waals surface area contributed by atoms with Gasteiger partial charge in [-0.2, -0.15) is 4.31 Å². The fraction of sp³-hybridized carbons (Fsp3) is 0.316. The smallest absolute Gasteiger partial charge is 0.249 e. The Hall–Kier alpha value is -1.97. The van der Waals surface area contributed by atoms with Crippen molar-refractivity contribution in [2.45, 2.75) is 16.2 Å². The van der Waals surface area contributed by atoms with Gasteiger partial charge in [0.05, 0.1) is 0 Å². The van der Waals surface area contributed by atoms with Gasteiger partial charge in [-0.05, 0) is 24.3 Å². The van der Waals surface area contributed by atoms with Crippen LogP contribution in [0.15, 0.2) is 58.3 Å². The van der Waals surface area contributed by atoms with Crippen LogP contribution in [0, 0.1) is 11.6 Å². The van der Waals surface area contributed by atoms with Gasteiger partial charge < -0.3 is 4.90 Å². The van der Waals surface area contributed by atoms with Crippen molar-refractivity contribution >= 4 is 27.7 Å². The van der Waals surface area contributed by atoms with Crippen LogP contribution >= 0.6 is 11.8 Å². The van der Waals surface area contributed by atoms with Gasteiger partial charge in [-0.3, -0.25) is 4.79 Å². The summed E-state index contributed by atoms with van der Waals surface area (Å²) in [4.78, 5) is 14.1. The maximum Gasteiger partial charge on any atom is 0.249 e. The summed E-state index contributed by atoms with van der Waals surface area (Å²) < 4.78 is 53.9. The summed E-state index contributed by atoms with van der Waals surface area (Å²) in [6.07, 6.45) is 0.342. The first-order valence-corrected chi connectivity index (χ1v) is 11.2. The van der Waals surface area contributed by atoms with Crippen LogP contribution in [0.25, 0.3) is 0 Å². The predicted molar refractivity (Wildman–Crippen MR) is 103 cm³/mol. The van der Waals surface area contributed by atoms with Gasteiger partial charge in [-0.15, -0.1) is 11.8 Å². The van der Waals surface area contributed by atoms with Gasteiger partial charge in [0.25, 0.3) is 0 Å². The Bertz CT molecular complexity index is 911. The second-order valence-corrected chi connectivity index (χ2v) is 9.29. The quantitative estimate of drug-likeness (QED) is 0.667. The lowest BCUT2D eigenvalue weighted by atomic mass is 10.3. The summed E-state index contributed by atoms with van der Waals surface area (Å²) in [5, 5.41) is 0. The van der Waals surface area contributed by atoms with Crippen LogP contribution < -0.4 is 0 Å². The molecule has 0 unspecified atom stereocenters. The van der Waals surface area contributed by atoms with Crippen molar-refractivity contribution in [3.05, 3.63) is 60.2 Å². The van der Waals surface area contributed by atoms with Gasteiger partial charge in [0.2, 0.25) is 15.9 Å². The number of thioether (sulfide) groups is 1. The summed E-state index contributed by atoms with van der Waals surface area (Å²) in [5.41, 5.74) is 0. The fourth-order valence-corrected chi connectivity index (χ4v) is 5.36. The summed E-state index contributed by atoms with van der Waals surface area (Å²) >= 11 is 1.58. The summed E-state index contributed by atoms with van der Waals surface area (Å²) in [6, 6.07) is 12.7. The normalized spacial score (nSPS) is 15.6. The van der Waals surface area contributed by atoms with Gasteiger partial charge >= 0.3 is 0 Å². The predicted octanol–water partition coefficient (Wildman–Crippen LogP) is 2.98. The van der Waals surface area contributed by atoms with Crippen LogP contribution in [0.4, 0.5) is 8.78 Å². The molecule has 28 heavy (non-hydrogen) atoms. The molecule has 150 valence electrons. The van der Waals surface area contributed by atoms with Crippen molar-refractivity contribution < 1.29 is 22.0 Å². The molecule has 1 fully saturated rings. The molecule has 0 atom stereocenters. The van der Waals surface area contributed by atoms with Crippen molar-refractivity contribution in [3.8, 4) is 0 Å². The topological polar surface area (TPSA) is 57.7 Å². The zero-order chi connectivity index (χ0) is 20.1. The first kappa shape index (κ1) is 20.8. The molecule has 5 nitrogen and oxygen atoms in total. The summed E-state index contributed by atoms with van der Waals surface area (Å²) in [7, 11) is -4.28. The van der Waals surface area contributed by atoms with E-state index < -0.39 is 26.6 Å². The number of rotatable bonds is 6. The van der Waals surface area contributed by atoms with E-state index in [4.69, 9.17) is 0 Å². The van der Waals surface area contributed by atoms with Crippen molar-refractivity contribution in [1.82, 2.24) is 9.21 Å². The third kappa shape index (κ3) is 4.71. The minimum atomic E-state index is -4.28. The van der Waals surface area contributed by atoms with Crippen LogP contribution in [-0.4, -0.2) is 55.5 Å². The van der Waals surface area contributed by atoms with Gasteiger partial charge in [0, 0.05) is 43.2 Å². The van der Waals surface area contributed by atoms with Crippen LogP contribution in [0.1, 0.15) is 6.42 Å². The molecule has 2 aromatic rings. The van der Waals surface area contributed by atoms with Gasteiger partial charge in [-0.1, -0.05) is 24.3 Å². The van der Waals surface area contributed by atoms with E-state index in [1.54, 1.807) is 16.7 Å². The number of benzene rings is 2. The van der Waals surface area contributed by atoms with Gasteiger partial charge in [0.1, 0.15) is 11.6 Å². The second kappa shape index (κ2) is 9.02. The minimum absolute atomic E-state index is 0.00761. The summed E-state index contributed by atoms with van der Waals surface area (Å²) in [6.45, 7) is 0.412. The maximum atomic E-state index is 13.9. The first-order valence-electron chi connectivity index (χ1n) is 8.79. The molecule has 0 aromatic heterocycles. The lowest BCUT2D eigenvalue weighted by Gasteiger charge is -2.34. The number of carbonyl (C=O) groups is 1. The Morgan fingerprint density at radius 3 is 2.14 bits per heavy atom. The number of nitrogens with zero attached hydrogens (tertiary/aromatic N) is 2. The molecule has 1 heterocycles. The highest BCUT2D eigenvalue weighted by Crippen LogP contribution is 2.24. The first-order chi connectivity index (χ1) is 13.4. The van der Waals surface area contributed by atoms with E-state index in [9.17, 15) is 22.0 Å². The molecule has 1 saturated heterocycles. The number of hydrogen-bond acceptors (Lipinski definition) is 4. The molecule has 1 aliphatic rings. The molecule has 0 bridgehead atoms. The standard InChI is InChI=1S/C19H20F2N2O3S2/c20-16-7-4-8-17(21)19(16)28(25,26)23-12-10-22(11-13-23)18(24)9-14-27-15-5-2-1-3-6-15/h1-8H,9-14H2. The van der Waals surface area contributed by atoms with E-state index in [2.05, 4.69) is 0 Å². The zero-order valence-corrected chi connectivity index (χ0v) is 16.7. The third-order valence-electron chi connectivity index (χ3n) is 4.44. The van der Waals surface area contributed by atoms with Crippen LogP contribution in [0.3, 0.4) is 0 Å². The van der Waals surface area contributed by atoms with E-state index in [0.717, 1.165) is 27.4 Å². The number of amides is 1. The molecule has 0 spiro atoms. The lowest BCUT2D eigenvalue weighted by molar-refractivity contribution is -0.131. The van der Waals surface area contributed by atoms with Crippen molar-refractivity contribution in [2.75, 3.05) is 31.9 Å². The molecule has 3 rings (SSSR count). The number of hydrogen-bond donors (Lipinski definition) is 0. The molecule has 0 saturated carbocycles. The molecular weight excluding hydrogens is 406 g/mol. The second-order valence-electron chi connectivity index (χ2n) is 6.25. The SMILES string of the molecule is O=C(CCSc1ccccc1)N1CCN(S(=O)(=O)c2c(F)cccc2F)CC1. The largest absolute Gasteiger partial charge is 0.340 e. The lowest BCUT2D eigenvalue weighted by Crippen LogP contribution is -2.50. The molecule has 2 aromatic carbocycles. The van der Waals surface area contributed by atoms with Crippen LogP contribution in [0.2, 0.25) is 0 Å². The Morgan fingerprint density at radius 2 is 1.54 bits per heavy atom. The van der Waals surface area contributed by atoms with Crippen molar-refractivity contribution in [1.29, 1.82) is 0 Å². The average Bonchev–Trinajstić information content (AvgIpc) is 2.68. The van der Waals surface area contributed by atoms with Crippen molar-refractivity contribution in [2.24, 2.45) is 0 Å². The van der Waals surface area contributed by atoms with Gasteiger partial charge in [-0.25, -0.2) is 17.2 Å². The highest BCUT2D eigenvalue weighted by atomic mass is 32.2. The van der Waals surface area contributed by atoms with Crippen LogP contribution in [-0.2, 0) is 14.8 Å². The Balaban J connectivity index is 1.54. The molecule has 0 aliphatic carbocycles. The monoisotopic (exact) mass is 426 g/mol. The molecule has 9 heteroatoms. The molecule has 0 radical (unpaired) electrons. The van der Waals surface area contributed by atoms with E-state index in [0.29, 0.717) is 12.2 Å². The number of sulfonamides is 1. The van der Waals surface area contributed by atoms with Gasteiger partial charge in [0.15, 0.2) is 4.90 Å². The van der Waals surface area contributed by atoms with Crippen molar-refractivity contribution in [3.63, 3.8) is 0 Å². The highest BCUT2D eigenvalue weighted by Gasteiger charge is 2.33. The maximum absolute atomic E-state index is 13.9. The molecular formula is C19H20F2N2O3S2. The van der Waals surface area contributed by atoms with E-state index in [1.807, 2.05) is 30.3 Å². The number of carbonyl (C=O) groups excluding carboxylic acids is 1. The molecule has 1 amide bonds. The Kier molecular flexibility index (Phi) is 6.69. The third-order valence-corrected chi connectivity index (χ3v) is 7.40.